The third-order valence-corrected chi connectivity index (χ3v) is 4.59. The van der Waals surface area contributed by atoms with Crippen LogP contribution in [0.4, 0.5) is 4.79 Å². The molecule has 8 heteroatoms. The number of piperazine rings is 1. The second kappa shape index (κ2) is 8.18. The summed E-state index contributed by atoms with van der Waals surface area (Å²) in [6, 6.07) is 7.76. The molecule has 1 aromatic heterocycles. The van der Waals surface area contributed by atoms with Crippen molar-refractivity contribution < 1.29 is 9.53 Å². The normalized spacial score (nSPS) is 16.3. The highest BCUT2D eigenvalue weighted by molar-refractivity contribution is 5.74. The summed E-state index contributed by atoms with van der Waals surface area (Å²) in [6.45, 7) is 7.61. The monoisotopic (exact) mass is 358 g/mol. The van der Waals surface area contributed by atoms with Gasteiger partial charge in [-0.25, -0.2) is 9.78 Å². The van der Waals surface area contributed by atoms with Gasteiger partial charge in [-0.1, -0.05) is 18.2 Å². The molecule has 1 aliphatic rings. The predicted molar refractivity (Wildman–Crippen MR) is 97.9 cm³/mol. The Bertz CT molecular complexity index is 739. The second-order valence-electron chi connectivity index (χ2n) is 6.53. The standard InChI is InChI=1S/C18H26N6O2/c1-13(17-20-14(2)21-22-17)19-18(25)24-10-8-23(9-11-24)12-15-6-4-5-7-16(15)26-3/h4-7,13H,8-12H2,1-3H3,(H,19,25)(H,20,21,22)/t13-/m1/s1. The number of para-hydroxylation sites is 1. The number of hydrogen-bond donors (Lipinski definition) is 2. The number of rotatable bonds is 5. The van der Waals surface area contributed by atoms with Gasteiger partial charge >= 0.3 is 6.03 Å². The lowest BCUT2D eigenvalue weighted by Gasteiger charge is -2.35. The van der Waals surface area contributed by atoms with Crippen LogP contribution in [0.5, 0.6) is 5.75 Å². The van der Waals surface area contributed by atoms with Gasteiger partial charge in [0.1, 0.15) is 11.6 Å². The average Bonchev–Trinajstić information content (AvgIpc) is 3.09. The Labute approximate surface area is 153 Å². The number of amides is 2. The van der Waals surface area contributed by atoms with E-state index in [1.807, 2.05) is 36.9 Å². The highest BCUT2D eigenvalue weighted by Crippen LogP contribution is 2.20. The number of aryl methyl sites for hydroxylation is 1. The number of methoxy groups -OCH3 is 1. The number of aromatic nitrogens is 3. The molecule has 2 aromatic rings. The number of ether oxygens (including phenoxy) is 1. The Morgan fingerprint density at radius 1 is 1.31 bits per heavy atom. The molecule has 3 rings (SSSR count). The summed E-state index contributed by atoms with van der Waals surface area (Å²) in [4.78, 5) is 20.9. The highest BCUT2D eigenvalue weighted by atomic mass is 16.5. The maximum absolute atomic E-state index is 12.5. The van der Waals surface area contributed by atoms with Gasteiger partial charge in [-0.15, -0.1) is 0 Å². The van der Waals surface area contributed by atoms with Crippen molar-refractivity contribution in [2.24, 2.45) is 0 Å². The van der Waals surface area contributed by atoms with Crippen LogP contribution in [0.15, 0.2) is 24.3 Å². The Morgan fingerprint density at radius 3 is 2.69 bits per heavy atom. The number of carbonyl (C=O) groups is 1. The van der Waals surface area contributed by atoms with E-state index >= 15 is 0 Å². The van der Waals surface area contributed by atoms with E-state index in [2.05, 4.69) is 31.5 Å². The predicted octanol–water partition coefficient (Wildman–Crippen LogP) is 1.71. The van der Waals surface area contributed by atoms with Gasteiger partial charge in [-0.3, -0.25) is 10.00 Å². The average molecular weight is 358 g/mol. The topological polar surface area (TPSA) is 86.4 Å². The molecule has 0 spiro atoms. The van der Waals surface area contributed by atoms with E-state index in [-0.39, 0.29) is 12.1 Å². The minimum Gasteiger partial charge on any atom is -0.496 e. The zero-order valence-electron chi connectivity index (χ0n) is 15.5. The van der Waals surface area contributed by atoms with Crippen molar-refractivity contribution >= 4 is 6.03 Å². The number of benzene rings is 1. The summed E-state index contributed by atoms with van der Waals surface area (Å²) in [7, 11) is 1.69. The quantitative estimate of drug-likeness (QED) is 0.850. The van der Waals surface area contributed by atoms with E-state index in [1.54, 1.807) is 7.11 Å². The van der Waals surface area contributed by atoms with E-state index < -0.39 is 0 Å². The molecule has 2 heterocycles. The molecule has 2 amide bonds. The second-order valence-corrected chi connectivity index (χ2v) is 6.53. The number of hydrogen-bond acceptors (Lipinski definition) is 5. The van der Waals surface area contributed by atoms with Crippen LogP contribution >= 0.6 is 0 Å². The fraction of sp³-hybridized carbons (Fsp3) is 0.500. The first-order chi connectivity index (χ1) is 12.6. The van der Waals surface area contributed by atoms with Gasteiger partial charge in [-0.2, -0.15) is 5.10 Å². The van der Waals surface area contributed by atoms with Crippen LogP contribution in [-0.2, 0) is 6.54 Å². The molecule has 1 aromatic carbocycles. The molecule has 8 nitrogen and oxygen atoms in total. The molecule has 2 N–H and O–H groups in total. The first-order valence-corrected chi connectivity index (χ1v) is 8.85. The minimum atomic E-state index is -0.223. The van der Waals surface area contributed by atoms with Crippen LogP contribution < -0.4 is 10.1 Å². The van der Waals surface area contributed by atoms with Crippen LogP contribution in [-0.4, -0.2) is 64.3 Å². The molecule has 26 heavy (non-hydrogen) atoms. The molecular formula is C18H26N6O2. The first-order valence-electron chi connectivity index (χ1n) is 8.85. The van der Waals surface area contributed by atoms with E-state index in [9.17, 15) is 4.79 Å². The van der Waals surface area contributed by atoms with Crippen LogP contribution in [0.3, 0.4) is 0 Å². The van der Waals surface area contributed by atoms with Gasteiger partial charge in [0.15, 0.2) is 5.82 Å². The Balaban J connectivity index is 1.49. The molecule has 1 fully saturated rings. The summed E-state index contributed by atoms with van der Waals surface area (Å²) >= 11 is 0. The van der Waals surface area contributed by atoms with Gasteiger partial charge in [0.25, 0.3) is 0 Å². The molecule has 0 aliphatic carbocycles. The summed E-state index contributed by atoms with van der Waals surface area (Å²) in [5.41, 5.74) is 1.17. The van der Waals surface area contributed by atoms with Crippen LogP contribution in [0.1, 0.15) is 30.2 Å². The fourth-order valence-corrected chi connectivity index (χ4v) is 3.08. The lowest BCUT2D eigenvalue weighted by molar-refractivity contribution is 0.133. The fourth-order valence-electron chi connectivity index (χ4n) is 3.08. The van der Waals surface area contributed by atoms with Crippen LogP contribution in [0, 0.1) is 6.92 Å². The highest BCUT2D eigenvalue weighted by Gasteiger charge is 2.23. The SMILES string of the molecule is COc1ccccc1CN1CCN(C(=O)N[C@H](C)c2n[nH]c(C)n2)CC1. The number of aromatic amines is 1. The first kappa shape index (κ1) is 18.2. The lowest BCUT2D eigenvalue weighted by atomic mass is 10.1. The van der Waals surface area contributed by atoms with Crippen molar-refractivity contribution in [3.8, 4) is 5.75 Å². The van der Waals surface area contributed by atoms with Crippen LogP contribution in [0.25, 0.3) is 0 Å². The molecule has 0 bridgehead atoms. The van der Waals surface area contributed by atoms with Gasteiger partial charge in [0.05, 0.1) is 13.2 Å². The van der Waals surface area contributed by atoms with Crippen molar-refractivity contribution in [1.29, 1.82) is 0 Å². The molecule has 1 saturated heterocycles. The van der Waals surface area contributed by atoms with Crippen molar-refractivity contribution in [3.63, 3.8) is 0 Å². The van der Waals surface area contributed by atoms with Gasteiger partial charge < -0.3 is 15.0 Å². The molecular weight excluding hydrogens is 332 g/mol. The molecule has 140 valence electrons. The van der Waals surface area contributed by atoms with Gasteiger partial charge in [0.2, 0.25) is 0 Å². The van der Waals surface area contributed by atoms with E-state index in [0.717, 1.165) is 31.2 Å². The number of nitrogens with one attached hydrogen (secondary N) is 2. The summed E-state index contributed by atoms with van der Waals surface area (Å²) in [5, 5.41) is 9.86. The Morgan fingerprint density at radius 2 is 2.04 bits per heavy atom. The number of carbonyl (C=O) groups excluding carboxylic acids is 1. The van der Waals surface area contributed by atoms with Crippen molar-refractivity contribution in [2.45, 2.75) is 26.4 Å². The zero-order valence-corrected chi connectivity index (χ0v) is 15.5. The third-order valence-electron chi connectivity index (χ3n) is 4.59. The Hall–Kier alpha value is -2.61. The maximum Gasteiger partial charge on any atom is 0.318 e. The van der Waals surface area contributed by atoms with E-state index in [0.29, 0.717) is 18.9 Å². The molecule has 0 unspecified atom stereocenters. The van der Waals surface area contributed by atoms with Crippen molar-refractivity contribution in [1.82, 2.24) is 30.3 Å². The molecule has 0 radical (unpaired) electrons. The Kier molecular flexibility index (Phi) is 5.72. The molecule has 1 aliphatic heterocycles. The smallest absolute Gasteiger partial charge is 0.318 e. The van der Waals surface area contributed by atoms with Crippen molar-refractivity contribution in [2.75, 3.05) is 33.3 Å². The lowest BCUT2D eigenvalue weighted by Crippen LogP contribution is -2.51. The van der Waals surface area contributed by atoms with Gasteiger partial charge in [-0.05, 0) is 19.9 Å². The zero-order chi connectivity index (χ0) is 18.5. The third kappa shape index (κ3) is 4.32. The van der Waals surface area contributed by atoms with Crippen LogP contribution in [0.2, 0.25) is 0 Å². The van der Waals surface area contributed by atoms with E-state index in [1.165, 1.54) is 5.56 Å². The summed E-state index contributed by atoms with van der Waals surface area (Å²) < 4.78 is 5.42. The van der Waals surface area contributed by atoms with Gasteiger partial charge in [0, 0.05) is 38.3 Å². The van der Waals surface area contributed by atoms with E-state index in [4.69, 9.17) is 4.74 Å². The summed E-state index contributed by atoms with van der Waals surface area (Å²) in [5.74, 6) is 2.25. The minimum absolute atomic E-state index is 0.0723. The van der Waals surface area contributed by atoms with Crippen molar-refractivity contribution in [3.05, 3.63) is 41.5 Å². The summed E-state index contributed by atoms with van der Waals surface area (Å²) in [6.07, 6.45) is 0. The number of H-pyrrole nitrogens is 1. The largest absolute Gasteiger partial charge is 0.496 e. The molecule has 0 saturated carbocycles. The molecule has 1 atom stereocenters. The number of nitrogens with zero attached hydrogens (tertiary/aromatic N) is 4. The maximum atomic E-state index is 12.5. The number of urea groups is 1.